The molecule has 1 N–H and O–H groups in total. The van der Waals surface area contributed by atoms with Gasteiger partial charge in [-0.25, -0.2) is 12.8 Å². The number of sulfonamides is 1. The van der Waals surface area contributed by atoms with E-state index in [1.54, 1.807) is 25.1 Å². The van der Waals surface area contributed by atoms with E-state index in [1.165, 1.54) is 36.2 Å². The number of likely N-dealkylation sites (N-methyl/N-ethyl adjacent to an activating group) is 1. The fourth-order valence-electron chi connectivity index (χ4n) is 3.26. The number of amides is 2. The summed E-state index contributed by atoms with van der Waals surface area (Å²) in [7, 11) is -2.30. The molecule has 0 fully saturated rings. The highest BCUT2D eigenvalue weighted by Gasteiger charge is 2.26. The maximum absolute atomic E-state index is 14.2. The van der Waals surface area contributed by atoms with E-state index < -0.39 is 21.9 Å². The van der Waals surface area contributed by atoms with Gasteiger partial charge in [0.1, 0.15) is 11.9 Å². The maximum Gasteiger partial charge on any atom is 0.242 e. The molecular formula is C22H26Cl2FN3O4S. The molecule has 11 heteroatoms. The Morgan fingerprint density at radius 3 is 2.36 bits per heavy atom. The van der Waals surface area contributed by atoms with Gasteiger partial charge in [-0.3, -0.25) is 13.9 Å². The molecule has 0 unspecified atom stereocenters. The van der Waals surface area contributed by atoms with Crippen molar-refractivity contribution in [2.45, 2.75) is 32.4 Å². The summed E-state index contributed by atoms with van der Waals surface area (Å²) >= 11 is 12.0. The van der Waals surface area contributed by atoms with Gasteiger partial charge in [0.2, 0.25) is 21.8 Å². The molecule has 0 radical (unpaired) electrons. The van der Waals surface area contributed by atoms with Crippen molar-refractivity contribution in [3.63, 3.8) is 0 Å². The van der Waals surface area contributed by atoms with E-state index in [9.17, 15) is 22.4 Å². The molecule has 0 saturated heterocycles. The molecule has 2 aromatic carbocycles. The number of para-hydroxylation sites is 1. The first-order chi connectivity index (χ1) is 15.5. The van der Waals surface area contributed by atoms with Crippen LogP contribution < -0.4 is 9.62 Å². The molecule has 0 aliphatic heterocycles. The van der Waals surface area contributed by atoms with E-state index in [4.69, 9.17) is 23.2 Å². The molecule has 2 aromatic rings. The lowest BCUT2D eigenvalue weighted by atomic mass is 10.1. The van der Waals surface area contributed by atoms with Gasteiger partial charge >= 0.3 is 0 Å². The van der Waals surface area contributed by atoms with Crippen LogP contribution in [-0.4, -0.2) is 51.0 Å². The summed E-state index contributed by atoms with van der Waals surface area (Å²) in [6.45, 7) is 1.60. The minimum absolute atomic E-state index is 0.0525. The number of nitrogens with one attached hydrogen (secondary N) is 1. The molecule has 1 atom stereocenters. The first-order valence-corrected chi connectivity index (χ1v) is 12.7. The number of nitrogens with zero attached hydrogens (tertiary/aromatic N) is 2. The van der Waals surface area contributed by atoms with Gasteiger partial charge in [-0.1, -0.05) is 41.4 Å². The van der Waals surface area contributed by atoms with Gasteiger partial charge in [0, 0.05) is 26.6 Å². The fourth-order valence-corrected chi connectivity index (χ4v) is 4.55. The highest BCUT2D eigenvalue weighted by atomic mass is 35.5. The summed E-state index contributed by atoms with van der Waals surface area (Å²) in [6, 6.07) is 9.67. The van der Waals surface area contributed by atoms with Crippen LogP contribution in [0.1, 0.15) is 25.3 Å². The average molecular weight is 518 g/mol. The van der Waals surface area contributed by atoms with Crippen molar-refractivity contribution in [3.05, 3.63) is 63.9 Å². The van der Waals surface area contributed by atoms with Gasteiger partial charge in [0.05, 0.1) is 22.0 Å². The Hall–Kier alpha value is -2.36. The Morgan fingerprint density at radius 2 is 1.79 bits per heavy atom. The van der Waals surface area contributed by atoms with Crippen LogP contribution in [0.3, 0.4) is 0 Å². The van der Waals surface area contributed by atoms with Crippen LogP contribution in [0.2, 0.25) is 10.0 Å². The van der Waals surface area contributed by atoms with Crippen LogP contribution in [-0.2, 0) is 26.2 Å². The van der Waals surface area contributed by atoms with Gasteiger partial charge in [-0.15, -0.1) is 0 Å². The normalized spacial score (nSPS) is 12.2. The standard InChI is InChI=1S/C22H26Cl2FN3O4S/c1-15(22(30)26-2)27(14-16-10-11-17(23)18(24)13-16)21(29)9-6-12-28(33(3,31)32)20-8-5-4-7-19(20)25/h4-5,7-8,10-11,13,15H,6,9,12,14H2,1-3H3,(H,26,30)/t15-/m0/s1. The molecule has 7 nitrogen and oxygen atoms in total. The zero-order chi connectivity index (χ0) is 24.8. The Bertz CT molecular complexity index is 1110. The van der Waals surface area contributed by atoms with E-state index in [-0.39, 0.29) is 43.4 Å². The number of anilines is 1. The maximum atomic E-state index is 14.2. The Balaban J connectivity index is 2.18. The number of hydrogen-bond donors (Lipinski definition) is 1. The lowest BCUT2D eigenvalue weighted by Gasteiger charge is -2.29. The quantitative estimate of drug-likeness (QED) is 0.518. The highest BCUT2D eigenvalue weighted by molar-refractivity contribution is 7.92. The van der Waals surface area contributed by atoms with E-state index in [0.717, 1.165) is 10.6 Å². The smallest absolute Gasteiger partial charge is 0.242 e. The third-order valence-corrected chi connectivity index (χ3v) is 6.94. The monoisotopic (exact) mass is 517 g/mol. The third kappa shape index (κ3) is 7.31. The molecule has 33 heavy (non-hydrogen) atoms. The van der Waals surface area contributed by atoms with Gasteiger partial charge < -0.3 is 10.2 Å². The molecule has 0 spiro atoms. The van der Waals surface area contributed by atoms with Crippen molar-refractivity contribution < 1.29 is 22.4 Å². The lowest BCUT2D eigenvalue weighted by molar-refractivity contribution is -0.140. The van der Waals surface area contributed by atoms with Crippen LogP contribution >= 0.6 is 23.2 Å². The van der Waals surface area contributed by atoms with Crippen molar-refractivity contribution in [1.29, 1.82) is 0 Å². The Kier molecular flexibility index (Phi) is 9.51. The second-order valence-electron chi connectivity index (χ2n) is 7.45. The van der Waals surface area contributed by atoms with Crippen molar-refractivity contribution in [3.8, 4) is 0 Å². The number of hydrogen-bond acceptors (Lipinski definition) is 4. The molecule has 2 amide bonds. The van der Waals surface area contributed by atoms with Crippen molar-refractivity contribution in [1.82, 2.24) is 10.2 Å². The average Bonchev–Trinajstić information content (AvgIpc) is 2.76. The summed E-state index contributed by atoms with van der Waals surface area (Å²) in [5.41, 5.74) is 0.594. The number of halogens is 3. The van der Waals surface area contributed by atoms with Crippen LogP contribution in [0, 0.1) is 5.82 Å². The van der Waals surface area contributed by atoms with Gasteiger partial charge in [0.15, 0.2) is 0 Å². The van der Waals surface area contributed by atoms with Gasteiger partial charge in [-0.2, -0.15) is 0 Å². The van der Waals surface area contributed by atoms with E-state index >= 15 is 0 Å². The first kappa shape index (κ1) is 26.9. The molecule has 0 aliphatic rings. The summed E-state index contributed by atoms with van der Waals surface area (Å²) in [4.78, 5) is 26.6. The summed E-state index contributed by atoms with van der Waals surface area (Å²) in [6.07, 6.45) is 1.05. The van der Waals surface area contributed by atoms with Gasteiger partial charge in [0.25, 0.3) is 0 Å². The first-order valence-electron chi connectivity index (χ1n) is 10.1. The summed E-state index contributed by atoms with van der Waals surface area (Å²) < 4.78 is 39.5. The minimum Gasteiger partial charge on any atom is -0.357 e. The molecule has 0 aliphatic carbocycles. The lowest BCUT2D eigenvalue weighted by Crippen LogP contribution is -2.46. The zero-order valence-electron chi connectivity index (χ0n) is 18.5. The molecule has 0 aromatic heterocycles. The van der Waals surface area contributed by atoms with Crippen molar-refractivity contribution in [2.24, 2.45) is 0 Å². The van der Waals surface area contributed by atoms with Crippen LogP contribution in [0.5, 0.6) is 0 Å². The van der Waals surface area contributed by atoms with Gasteiger partial charge in [-0.05, 0) is 43.2 Å². The minimum atomic E-state index is -3.77. The molecule has 180 valence electrons. The van der Waals surface area contributed by atoms with Crippen molar-refractivity contribution in [2.75, 3.05) is 24.2 Å². The Morgan fingerprint density at radius 1 is 1.12 bits per heavy atom. The Labute approximate surface area is 203 Å². The molecule has 0 saturated carbocycles. The van der Waals surface area contributed by atoms with E-state index in [1.807, 2.05) is 0 Å². The van der Waals surface area contributed by atoms with Crippen molar-refractivity contribution >= 4 is 50.7 Å². The topological polar surface area (TPSA) is 86.8 Å². The SMILES string of the molecule is CNC(=O)[C@H](C)N(Cc1ccc(Cl)c(Cl)c1)C(=O)CCCN(c1ccccc1F)S(C)(=O)=O. The fraction of sp³-hybridized carbons (Fsp3) is 0.364. The highest BCUT2D eigenvalue weighted by Crippen LogP contribution is 2.25. The number of rotatable bonds is 10. The second-order valence-corrected chi connectivity index (χ2v) is 10.2. The summed E-state index contributed by atoms with van der Waals surface area (Å²) in [5, 5.41) is 3.21. The largest absolute Gasteiger partial charge is 0.357 e. The summed E-state index contributed by atoms with van der Waals surface area (Å²) in [5.74, 6) is -1.39. The third-order valence-electron chi connectivity index (χ3n) is 5.02. The zero-order valence-corrected chi connectivity index (χ0v) is 20.8. The van der Waals surface area contributed by atoms with E-state index in [2.05, 4.69) is 5.32 Å². The predicted octanol–water partition coefficient (Wildman–Crippen LogP) is 3.84. The van der Waals surface area contributed by atoms with Crippen LogP contribution in [0.4, 0.5) is 10.1 Å². The molecular weight excluding hydrogens is 492 g/mol. The number of carbonyl (C=O) groups excluding carboxylic acids is 2. The molecule has 0 heterocycles. The van der Waals surface area contributed by atoms with E-state index in [0.29, 0.717) is 15.6 Å². The van der Waals surface area contributed by atoms with Crippen LogP contribution in [0.15, 0.2) is 42.5 Å². The molecule has 2 rings (SSSR count). The predicted molar refractivity (Wildman–Crippen MR) is 128 cm³/mol. The molecule has 0 bridgehead atoms. The second kappa shape index (κ2) is 11.7. The number of benzene rings is 2. The van der Waals surface area contributed by atoms with Crippen LogP contribution in [0.25, 0.3) is 0 Å². The number of carbonyl (C=O) groups is 2.